The molecule has 1 N–H and O–H groups in total. The molecule has 1 aromatic heterocycles. The van der Waals surface area contributed by atoms with E-state index in [1.807, 2.05) is 0 Å². The van der Waals surface area contributed by atoms with E-state index in [0.717, 1.165) is 17.5 Å². The van der Waals surface area contributed by atoms with Crippen molar-refractivity contribution >= 4 is 28.1 Å². The van der Waals surface area contributed by atoms with Gasteiger partial charge in [-0.25, -0.2) is 4.98 Å². The first-order valence-electron chi connectivity index (χ1n) is 6.57. The monoisotopic (exact) mass is 283 g/mol. The number of thiazole rings is 1. The Hall–Kier alpha value is -0.790. The maximum Gasteiger partial charge on any atom is 0.185 e. The molecule has 0 bridgehead atoms. The minimum Gasteiger partial charge on any atom is -0.358 e. The normalized spacial score (nSPS) is 18.3. The van der Waals surface area contributed by atoms with Gasteiger partial charge in [0.25, 0.3) is 0 Å². The molecule has 1 aliphatic carbocycles. The van der Waals surface area contributed by atoms with Gasteiger partial charge in [-0.1, -0.05) is 49.1 Å². The van der Waals surface area contributed by atoms with Crippen LogP contribution in [0.1, 0.15) is 50.3 Å². The number of aromatic nitrogens is 1. The summed E-state index contributed by atoms with van der Waals surface area (Å²) >= 11 is 7.25. The second-order valence-corrected chi connectivity index (χ2v) is 6.17. The van der Waals surface area contributed by atoms with Gasteiger partial charge in [-0.05, 0) is 25.2 Å². The lowest BCUT2D eigenvalue weighted by Crippen LogP contribution is -2.30. The van der Waals surface area contributed by atoms with Crippen molar-refractivity contribution < 1.29 is 0 Å². The first-order chi connectivity index (χ1) is 8.74. The van der Waals surface area contributed by atoms with Crippen LogP contribution in [0, 0.1) is 17.2 Å². The van der Waals surface area contributed by atoms with Crippen LogP contribution in [0.5, 0.6) is 0 Å². The molecule has 0 spiro atoms. The topological polar surface area (TPSA) is 48.7 Å². The molecule has 1 aliphatic rings. The maximum absolute atomic E-state index is 8.88. The second-order valence-electron chi connectivity index (χ2n) is 4.81. The van der Waals surface area contributed by atoms with Gasteiger partial charge in [0.2, 0.25) is 0 Å². The summed E-state index contributed by atoms with van der Waals surface area (Å²) < 4.78 is 0. The van der Waals surface area contributed by atoms with Gasteiger partial charge in [0.15, 0.2) is 10.3 Å². The van der Waals surface area contributed by atoms with Crippen molar-refractivity contribution in [2.75, 3.05) is 5.32 Å². The first-order valence-corrected chi connectivity index (χ1v) is 7.77. The molecular weight excluding hydrogens is 266 g/mol. The van der Waals surface area contributed by atoms with Crippen LogP contribution in [0.25, 0.3) is 0 Å². The van der Waals surface area contributed by atoms with E-state index in [9.17, 15) is 0 Å². The lowest BCUT2D eigenvalue weighted by atomic mass is 9.83. The number of nitrogens with zero attached hydrogens (tertiary/aromatic N) is 2. The third-order valence-electron chi connectivity index (χ3n) is 3.65. The standard InChI is InChI=1S/C13H18ClN3S/c1-2-10(9-6-4-3-5-7-9)16-13-17-12(14)11(8-15)18-13/h9-10H,2-7H2,1H3,(H,16,17). The molecule has 2 rings (SSSR count). The number of rotatable bonds is 4. The fraction of sp³-hybridized carbons (Fsp3) is 0.692. The largest absolute Gasteiger partial charge is 0.358 e. The zero-order valence-electron chi connectivity index (χ0n) is 10.6. The number of nitriles is 1. The highest BCUT2D eigenvalue weighted by Crippen LogP contribution is 2.32. The second kappa shape index (κ2) is 6.40. The van der Waals surface area contributed by atoms with E-state index in [4.69, 9.17) is 16.9 Å². The highest BCUT2D eigenvalue weighted by molar-refractivity contribution is 7.16. The molecule has 1 fully saturated rings. The van der Waals surface area contributed by atoms with Gasteiger partial charge >= 0.3 is 0 Å². The smallest absolute Gasteiger partial charge is 0.185 e. The predicted octanol–water partition coefficient (Wildman–Crippen LogP) is 4.44. The number of nitrogens with one attached hydrogen (secondary N) is 1. The summed E-state index contributed by atoms with van der Waals surface area (Å²) in [6.07, 6.45) is 7.74. The van der Waals surface area contributed by atoms with Gasteiger partial charge in [0, 0.05) is 6.04 Å². The number of halogens is 1. The highest BCUT2D eigenvalue weighted by Gasteiger charge is 2.23. The van der Waals surface area contributed by atoms with Crippen molar-refractivity contribution in [1.29, 1.82) is 5.26 Å². The molecule has 1 unspecified atom stereocenters. The average Bonchev–Trinajstić information content (AvgIpc) is 2.77. The Balaban J connectivity index is 2.02. The Kier molecular flexibility index (Phi) is 4.85. The molecule has 18 heavy (non-hydrogen) atoms. The SMILES string of the molecule is CCC(Nc1nc(Cl)c(C#N)s1)C1CCCCC1. The molecule has 98 valence electrons. The fourth-order valence-electron chi connectivity index (χ4n) is 2.68. The Bertz CT molecular complexity index is 432. The summed E-state index contributed by atoms with van der Waals surface area (Å²) in [5, 5.41) is 13.5. The summed E-state index contributed by atoms with van der Waals surface area (Å²) in [4.78, 5) is 4.71. The van der Waals surface area contributed by atoms with E-state index in [1.165, 1.54) is 43.4 Å². The summed E-state index contributed by atoms with van der Waals surface area (Å²) in [7, 11) is 0. The Labute approximate surface area is 117 Å². The molecule has 0 saturated heterocycles. The third-order valence-corrected chi connectivity index (χ3v) is 4.93. The lowest BCUT2D eigenvalue weighted by Gasteiger charge is -2.30. The number of anilines is 1. The van der Waals surface area contributed by atoms with E-state index >= 15 is 0 Å². The van der Waals surface area contributed by atoms with Gasteiger partial charge in [-0.15, -0.1) is 0 Å². The van der Waals surface area contributed by atoms with E-state index in [0.29, 0.717) is 16.1 Å². The highest BCUT2D eigenvalue weighted by atomic mass is 35.5. The van der Waals surface area contributed by atoms with Gasteiger partial charge in [0.1, 0.15) is 10.9 Å². The Morgan fingerprint density at radius 3 is 2.78 bits per heavy atom. The third kappa shape index (κ3) is 3.15. The van der Waals surface area contributed by atoms with Gasteiger partial charge in [-0.3, -0.25) is 0 Å². The molecule has 0 aromatic carbocycles. The zero-order valence-corrected chi connectivity index (χ0v) is 12.2. The summed E-state index contributed by atoms with van der Waals surface area (Å²) in [6.45, 7) is 2.20. The van der Waals surface area contributed by atoms with Crippen LogP contribution >= 0.6 is 22.9 Å². The minimum absolute atomic E-state index is 0.323. The minimum atomic E-state index is 0.323. The fourth-order valence-corrected chi connectivity index (χ4v) is 3.69. The van der Waals surface area contributed by atoms with Gasteiger partial charge in [-0.2, -0.15) is 5.26 Å². The van der Waals surface area contributed by atoms with Crippen LogP contribution in [0.2, 0.25) is 5.15 Å². The van der Waals surface area contributed by atoms with Crippen molar-refractivity contribution in [3.05, 3.63) is 10.0 Å². The Morgan fingerprint density at radius 1 is 1.50 bits per heavy atom. The molecule has 5 heteroatoms. The van der Waals surface area contributed by atoms with E-state index in [-0.39, 0.29) is 0 Å². The van der Waals surface area contributed by atoms with Crippen molar-refractivity contribution in [3.63, 3.8) is 0 Å². The van der Waals surface area contributed by atoms with Gasteiger partial charge in [0.05, 0.1) is 0 Å². The van der Waals surface area contributed by atoms with E-state index in [1.54, 1.807) is 0 Å². The van der Waals surface area contributed by atoms with Crippen LogP contribution in [0.3, 0.4) is 0 Å². The number of hydrogen-bond donors (Lipinski definition) is 1. The quantitative estimate of drug-likeness (QED) is 0.889. The zero-order chi connectivity index (χ0) is 13.0. The lowest BCUT2D eigenvalue weighted by molar-refractivity contribution is 0.313. The summed E-state index contributed by atoms with van der Waals surface area (Å²) in [5.41, 5.74) is 0. The molecule has 0 radical (unpaired) electrons. The molecule has 3 nitrogen and oxygen atoms in total. The van der Waals surface area contributed by atoms with Crippen LogP contribution in [-0.4, -0.2) is 11.0 Å². The van der Waals surface area contributed by atoms with Crippen molar-refractivity contribution in [1.82, 2.24) is 4.98 Å². The molecule has 0 amide bonds. The number of hydrogen-bond acceptors (Lipinski definition) is 4. The molecular formula is C13H18ClN3S. The van der Waals surface area contributed by atoms with Crippen LogP contribution in [-0.2, 0) is 0 Å². The van der Waals surface area contributed by atoms with Gasteiger partial charge < -0.3 is 5.32 Å². The van der Waals surface area contributed by atoms with Crippen molar-refractivity contribution in [3.8, 4) is 6.07 Å². The Morgan fingerprint density at radius 2 is 2.22 bits per heavy atom. The van der Waals surface area contributed by atoms with Crippen LogP contribution < -0.4 is 5.32 Å². The van der Waals surface area contributed by atoms with Crippen LogP contribution in [0.15, 0.2) is 0 Å². The molecule has 1 heterocycles. The van der Waals surface area contributed by atoms with E-state index in [2.05, 4.69) is 23.3 Å². The molecule has 1 atom stereocenters. The molecule has 1 saturated carbocycles. The predicted molar refractivity (Wildman–Crippen MR) is 76.1 cm³/mol. The summed E-state index contributed by atoms with van der Waals surface area (Å²) in [6, 6.07) is 2.53. The molecule has 0 aliphatic heterocycles. The maximum atomic E-state index is 8.88. The first kappa shape index (κ1) is 13.6. The van der Waals surface area contributed by atoms with Crippen molar-refractivity contribution in [2.24, 2.45) is 5.92 Å². The van der Waals surface area contributed by atoms with E-state index < -0.39 is 0 Å². The van der Waals surface area contributed by atoms with Crippen LogP contribution in [0.4, 0.5) is 5.13 Å². The average molecular weight is 284 g/mol. The summed E-state index contributed by atoms with van der Waals surface area (Å²) in [5.74, 6) is 0.733. The van der Waals surface area contributed by atoms with Crippen molar-refractivity contribution in [2.45, 2.75) is 51.5 Å². The molecule has 1 aromatic rings.